The molecule has 0 saturated carbocycles. The number of amides is 1. The average molecular weight is 371 g/mol. The summed E-state index contributed by atoms with van der Waals surface area (Å²) < 4.78 is 46.5. The molecule has 140 valence electrons. The van der Waals surface area contributed by atoms with Gasteiger partial charge in [0.05, 0.1) is 20.3 Å². The van der Waals surface area contributed by atoms with E-state index < -0.39 is 18.0 Å². The Labute approximate surface area is 147 Å². The summed E-state index contributed by atoms with van der Waals surface area (Å²) in [6, 6.07) is 6.24. The monoisotopic (exact) mass is 371 g/mol. The first kappa shape index (κ1) is 19.4. The molecule has 0 atom stereocenters. The van der Waals surface area contributed by atoms with Crippen molar-refractivity contribution < 1.29 is 32.1 Å². The van der Waals surface area contributed by atoms with E-state index in [4.69, 9.17) is 9.57 Å². The van der Waals surface area contributed by atoms with Gasteiger partial charge < -0.3 is 9.26 Å². The molecule has 0 radical (unpaired) electrons. The van der Waals surface area contributed by atoms with Crippen molar-refractivity contribution in [1.82, 2.24) is 15.2 Å². The highest BCUT2D eigenvalue weighted by atomic mass is 19.4. The van der Waals surface area contributed by atoms with Crippen LogP contribution in [0, 0.1) is 0 Å². The van der Waals surface area contributed by atoms with Crippen molar-refractivity contribution in [2.45, 2.75) is 19.6 Å². The molecule has 0 bridgehead atoms. The first-order valence-electron chi connectivity index (χ1n) is 7.44. The van der Waals surface area contributed by atoms with E-state index in [0.717, 1.165) is 5.06 Å². The first-order valence-corrected chi connectivity index (χ1v) is 7.44. The summed E-state index contributed by atoms with van der Waals surface area (Å²) in [5.41, 5.74) is 1.00. The molecule has 2 rings (SSSR count). The van der Waals surface area contributed by atoms with Crippen LogP contribution in [0.2, 0.25) is 0 Å². The fourth-order valence-corrected chi connectivity index (χ4v) is 1.94. The predicted molar refractivity (Wildman–Crippen MR) is 83.1 cm³/mol. The molecule has 0 N–H and O–H groups in total. The van der Waals surface area contributed by atoms with Crippen molar-refractivity contribution >= 4 is 5.91 Å². The molecule has 0 saturated heterocycles. The van der Waals surface area contributed by atoms with Gasteiger partial charge >= 0.3 is 18.0 Å². The molecule has 1 heterocycles. The minimum absolute atomic E-state index is 0.0819. The Morgan fingerprint density at radius 3 is 2.46 bits per heavy atom. The third-order valence-corrected chi connectivity index (χ3v) is 3.20. The number of hydrogen-bond acceptors (Lipinski definition) is 6. The number of alkyl halides is 3. The second-order valence-corrected chi connectivity index (χ2v) is 5.00. The van der Waals surface area contributed by atoms with E-state index in [-0.39, 0.29) is 24.7 Å². The van der Waals surface area contributed by atoms with Gasteiger partial charge in [0.2, 0.25) is 5.82 Å². The Morgan fingerprint density at radius 1 is 1.31 bits per heavy atom. The molecule has 7 nitrogen and oxygen atoms in total. The summed E-state index contributed by atoms with van der Waals surface area (Å²) in [4.78, 5) is 20.7. The zero-order valence-electron chi connectivity index (χ0n) is 14.0. The molecule has 0 spiro atoms. The van der Waals surface area contributed by atoms with E-state index in [1.165, 1.54) is 19.2 Å². The predicted octanol–water partition coefficient (Wildman–Crippen LogP) is 3.20. The standard InChI is InChI=1S/C16H16F3N3O4/c1-4-25-22(14(23)10(2)24-3)9-11-5-7-12(8-6-11)13-20-15(26-21-13)16(17,18)19/h5-8H,2,4,9H2,1,3H3. The highest BCUT2D eigenvalue weighted by molar-refractivity contribution is 5.90. The lowest BCUT2D eigenvalue weighted by Gasteiger charge is -2.21. The highest BCUT2D eigenvalue weighted by Gasteiger charge is 2.38. The molecule has 1 aromatic heterocycles. The maximum Gasteiger partial charge on any atom is 0.471 e. The van der Waals surface area contributed by atoms with E-state index in [1.54, 1.807) is 19.1 Å². The van der Waals surface area contributed by atoms with Crippen LogP contribution in [0.5, 0.6) is 0 Å². The number of aromatic nitrogens is 2. The van der Waals surface area contributed by atoms with Crippen molar-refractivity contribution in [2.24, 2.45) is 0 Å². The molecule has 10 heteroatoms. The quantitative estimate of drug-likeness (QED) is 0.423. The maximum absolute atomic E-state index is 12.5. The summed E-state index contributed by atoms with van der Waals surface area (Å²) in [7, 11) is 1.32. The number of carbonyl (C=O) groups excluding carboxylic acids is 1. The van der Waals surface area contributed by atoms with Crippen molar-refractivity contribution in [3.05, 3.63) is 48.1 Å². The van der Waals surface area contributed by atoms with Crippen molar-refractivity contribution in [1.29, 1.82) is 0 Å². The van der Waals surface area contributed by atoms with Crippen LogP contribution >= 0.6 is 0 Å². The number of nitrogens with zero attached hydrogens (tertiary/aromatic N) is 3. The van der Waals surface area contributed by atoms with E-state index in [9.17, 15) is 18.0 Å². The Morgan fingerprint density at radius 2 is 1.96 bits per heavy atom. The van der Waals surface area contributed by atoms with Gasteiger partial charge in [0.15, 0.2) is 5.76 Å². The van der Waals surface area contributed by atoms with Crippen LogP contribution in [-0.2, 0) is 27.1 Å². The number of halogens is 3. The lowest BCUT2D eigenvalue weighted by atomic mass is 10.1. The van der Waals surface area contributed by atoms with Crippen LogP contribution in [-0.4, -0.2) is 34.8 Å². The van der Waals surface area contributed by atoms with Crippen LogP contribution in [0.1, 0.15) is 18.4 Å². The highest BCUT2D eigenvalue weighted by Crippen LogP contribution is 2.29. The second kappa shape index (κ2) is 8.00. The van der Waals surface area contributed by atoms with Crippen molar-refractivity contribution in [2.75, 3.05) is 13.7 Å². The summed E-state index contributed by atoms with van der Waals surface area (Å²) in [5, 5.41) is 4.39. The zero-order valence-corrected chi connectivity index (χ0v) is 14.0. The van der Waals surface area contributed by atoms with Gasteiger partial charge in [0, 0.05) is 5.56 Å². The van der Waals surface area contributed by atoms with Crippen molar-refractivity contribution in [3.63, 3.8) is 0 Å². The Hall–Kier alpha value is -2.88. The Kier molecular flexibility index (Phi) is 5.98. The topological polar surface area (TPSA) is 77.7 Å². The van der Waals surface area contributed by atoms with E-state index in [0.29, 0.717) is 11.1 Å². The number of hydroxylamine groups is 2. The minimum Gasteiger partial charge on any atom is -0.492 e. The normalized spacial score (nSPS) is 11.3. The number of methoxy groups -OCH3 is 1. The molecule has 26 heavy (non-hydrogen) atoms. The van der Waals surface area contributed by atoms with E-state index in [1.807, 2.05) is 0 Å². The van der Waals surface area contributed by atoms with Gasteiger partial charge in [-0.05, 0) is 12.5 Å². The SMILES string of the molecule is C=C(OC)C(=O)N(Cc1ccc(-c2noc(C(F)(F)F)n2)cc1)OCC. The molecule has 2 aromatic rings. The van der Waals surface area contributed by atoms with Crippen LogP contribution in [0.15, 0.2) is 41.1 Å². The summed E-state index contributed by atoms with van der Waals surface area (Å²) in [5.74, 6) is -2.22. The lowest BCUT2D eigenvalue weighted by molar-refractivity contribution is -0.187. The zero-order chi connectivity index (χ0) is 19.3. The summed E-state index contributed by atoms with van der Waals surface area (Å²) in [6.45, 7) is 5.54. The minimum atomic E-state index is -4.70. The Balaban J connectivity index is 2.14. The number of carbonyl (C=O) groups is 1. The van der Waals surface area contributed by atoms with Gasteiger partial charge in [-0.1, -0.05) is 36.0 Å². The number of ether oxygens (including phenoxy) is 1. The van der Waals surface area contributed by atoms with Crippen LogP contribution in [0.25, 0.3) is 11.4 Å². The number of rotatable bonds is 7. The molecule has 0 fully saturated rings. The third-order valence-electron chi connectivity index (χ3n) is 3.20. The molecule has 0 aliphatic carbocycles. The molecule has 0 aliphatic heterocycles. The third kappa shape index (κ3) is 4.60. The maximum atomic E-state index is 12.5. The van der Waals surface area contributed by atoms with Crippen LogP contribution < -0.4 is 0 Å². The number of hydrogen-bond donors (Lipinski definition) is 0. The molecule has 0 aliphatic rings. The summed E-state index contributed by atoms with van der Waals surface area (Å²) >= 11 is 0. The average Bonchev–Trinajstić information content (AvgIpc) is 3.11. The van der Waals surface area contributed by atoms with Gasteiger partial charge in [-0.15, -0.1) is 0 Å². The van der Waals surface area contributed by atoms with Gasteiger partial charge in [-0.2, -0.15) is 18.2 Å². The molecular formula is C16H16F3N3O4. The first-order chi connectivity index (χ1) is 12.3. The van der Waals surface area contributed by atoms with E-state index >= 15 is 0 Å². The fraction of sp³-hybridized carbons (Fsp3) is 0.312. The fourth-order valence-electron chi connectivity index (χ4n) is 1.94. The number of benzene rings is 1. The van der Waals surface area contributed by atoms with Crippen LogP contribution in [0.4, 0.5) is 13.2 Å². The van der Waals surface area contributed by atoms with E-state index in [2.05, 4.69) is 21.2 Å². The Bertz CT molecular complexity index is 772. The molecule has 0 unspecified atom stereocenters. The molecule has 1 amide bonds. The molecular weight excluding hydrogens is 355 g/mol. The lowest BCUT2D eigenvalue weighted by Crippen LogP contribution is -2.32. The van der Waals surface area contributed by atoms with Crippen LogP contribution in [0.3, 0.4) is 0 Å². The smallest absolute Gasteiger partial charge is 0.471 e. The molecule has 1 aromatic carbocycles. The van der Waals surface area contributed by atoms with Gasteiger partial charge in [0.25, 0.3) is 0 Å². The van der Waals surface area contributed by atoms with Crippen molar-refractivity contribution in [3.8, 4) is 11.4 Å². The van der Waals surface area contributed by atoms with Gasteiger partial charge in [0.1, 0.15) is 0 Å². The van der Waals surface area contributed by atoms with Gasteiger partial charge in [-0.25, -0.2) is 5.06 Å². The second-order valence-electron chi connectivity index (χ2n) is 5.00. The largest absolute Gasteiger partial charge is 0.492 e. The van der Waals surface area contributed by atoms with Gasteiger partial charge in [-0.3, -0.25) is 9.63 Å². The summed E-state index contributed by atoms with van der Waals surface area (Å²) in [6.07, 6.45) is -4.70.